The van der Waals surface area contributed by atoms with E-state index in [9.17, 15) is 0 Å². The molecule has 0 N–H and O–H groups in total. The summed E-state index contributed by atoms with van der Waals surface area (Å²) in [5, 5.41) is 4.93. The van der Waals surface area contributed by atoms with Crippen molar-refractivity contribution in [1.29, 1.82) is 0 Å². The third-order valence-electron chi connectivity index (χ3n) is 7.00. The highest BCUT2D eigenvalue weighted by molar-refractivity contribution is 8.03. The van der Waals surface area contributed by atoms with Gasteiger partial charge in [-0.15, -0.1) is 0 Å². The molecule has 0 aliphatic carbocycles. The van der Waals surface area contributed by atoms with Crippen LogP contribution in [0.1, 0.15) is 19.0 Å². The van der Waals surface area contributed by atoms with Gasteiger partial charge in [0, 0.05) is 58.3 Å². The summed E-state index contributed by atoms with van der Waals surface area (Å²) in [6.45, 7) is 5.26. The molecule has 0 radical (unpaired) electrons. The van der Waals surface area contributed by atoms with Crippen LogP contribution < -0.4 is 9.47 Å². The number of hydrogen-bond acceptors (Lipinski definition) is 3. The Labute approximate surface area is 217 Å². The Morgan fingerprint density at radius 3 is 2.56 bits per heavy atom. The van der Waals surface area contributed by atoms with E-state index in [4.69, 9.17) is 4.42 Å². The van der Waals surface area contributed by atoms with Gasteiger partial charge in [0.05, 0.1) is 38.4 Å². The summed E-state index contributed by atoms with van der Waals surface area (Å²) in [5.41, 5.74) is 5.67. The number of quaternary nitrogens is 1. The highest BCUT2D eigenvalue weighted by atomic mass is 32.2. The fourth-order valence-electron chi connectivity index (χ4n) is 5.25. The van der Waals surface area contributed by atoms with Crippen LogP contribution in [0.4, 0.5) is 5.69 Å². The monoisotopic (exact) mass is 495 g/mol. The molecule has 36 heavy (non-hydrogen) atoms. The molecule has 0 spiro atoms. The normalized spacial score (nSPS) is 15.0. The second-order valence-electron chi connectivity index (χ2n) is 10.6. The zero-order valence-corrected chi connectivity index (χ0v) is 22.3. The van der Waals surface area contributed by atoms with Gasteiger partial charge in [0.2, 0.25) is 11.2 Å². The first-order valence-corrected chi connectivity index (χ1v) is 13.6. The van der Waals surface area contributed by atoms with Gasteiger partial charge in [-0.1, -0.05) is 42.1 Å². The predicted octanol–water partition coefficient (Wildman–Crippen LogP) is 7.05. The maximum absolute atomic E-state index is 6.26. The quantitative estimate of drug-likeness (QED) is 0.186. The first-order valence-electron chi connectivity index (χ1n) is 12.8. The second kappa shape index (κ2) is 8.99. The molecule has 0 saturated heterocycles. The summed E-state index contributed by atoms with van der Waals surface area (Å²) < 4.78 is 9.64. The molecule has 1 aliphatic rings. The lowest BCUT2D eigenvalue weighted by Crippen LogP contribution is -2.37. The van der Waals surface area contributed by atoms with E-state index in [1.807, 2.05) is 17.8 Å². The van der Waals surface area contributed by atoms with Gasteiger partial charge >= 0.3 is 0 Å². The summed E-state index contributed by atoms with van der Waals surface area (Å²) in [7, 11) is 6.79. The summed E-state index contributed by atoms with van der Waals surface area (Å²) in [6.07, 6.45) is 3.48. The largest absolute Gasteiger partial charge is 0.456 e. The van der Waals surface area contributed by atoms with Crippen molar-refractivity contribution in [2.75, 3.05) is 39.1 Å². The van der Waals surface area contributed by atoms with E-state index >= 15 is 0 Å². The Morgan fingerprint density at radius 1 is 0.917 bits per heavy atom. The summed E-state index contributed by atoms with van der Waals surface area (Å²) in [5.74, 6) is 0. The minimum atomic E-state index is 0.929. The Morgan fingerprint density at radius 2 is 1.72 bits per heavy atom. The number of benzene rings is 3. The summed E-state index contributed by atoms with van der Waals surface area (Å²) >= 11 is 1.88. The minimum Gasteiger partial charge on any atom is -0.456 e. The van der Waals surface area contributed by atoms with Gasteiger partial charge in [0.15, 0.2) is 0 Å². The molecule has 0 saturated carbocycles. The van der Waals surface area contributed by atoms with Gasteiger partial charge in [-0.05, 0) is 31.2 Å². The average Bonchev–Trinajstić information content (AvgIpc) is 3.38. The number of thioether (sulfide) groups is 1. The predicted molar refractivity (Wildman–Crippen MR) is 152 cm³/mol. The number of anilines is 1. The fraction of sp³-hybridized carbons (Fsp3) is 0.258. The second-order valence-corrected chi connectivity index (χ2v) is 11.6. The minimum absolute atomic E-state index is 0.929. The molecular formula is C31H33N3OS+2. The van der Waals surface area contributed by atoms with Crippen molar-refractivity contribution in [3.63, 3.8) is 0 Å². The number of rotatable bonds is 6. The Balaban J connectivity index is 1.45. The van der Waals surface area contributed by atoms with Gasteiger partial charge in [0.25, 0.3) is 0 Å². The highest BCUT2D eigenvalue weighted by Gasteiger charge is 2.28. The van der Waals surface area contributed by atoms with Gasteiger partial charge < -0.3 is 13.8 Å². The number of hydrogen-bond donors (Lipinski definition) is 0. The fourth-order valence-corrected chi connectivity index (χ4v) is 6.40. The van der Waals surface area contributed by atoms with Crippen LogP contribution in [0.25, 0.3) is 38.9 Å². The molecule has 0 atom stereocenters. The number of nitrogens with zero attached hydrogens (tertiary/aromatic N) is 3. The highest BCUT2D eigenvalue weighted by Crippen LogP contribution is 2.49. The third-order valence-corrected chi connectivity index (χ3v) is 8.10. The van der Waals surface area contributed by atoms with Crippen LogP contribution >= 0.6 is 11.8 Å². The number of aromatic nitrogens is 1. The Kier molecular flexibility index (Phi) is 5.78. The van der Waals surface area contributed by atoms with Gasteiger partial charge in [-0.2, -0.15) is 4.57 Å². The molecule has 3 aromatic carbocycles. The average molecular weight is 496 g/mol. The van der Waals surface area contributed by atoms with Crippen molar-refractivity contribution < 1.29 is 13.5 Å². The smallest absolute Gasteiger partial charge is 0.212 e. The van der Waals surface area contributed by atoms with E-state index in [-0.39, 0.29) is 0 Å². The molecule has 0 unspecified atom stereocenters. The number of pyridine rings is 1. The van der Waals surface area contributed by atoms with Crippen molar-refractivity contribution in [3.8, 4) is 0 Å². The molecule has 2 aromatic heterocycles. The number of fused-ring (bicyclic) bond motifs is 5. The van der Waals surface area contributed by atoms with Gasteiger partial charge in [-0.3, -0.25) is 0 Å². The van der Waals surface area contributed by atoms with E-state index in [1.54, 1.807) is 0 Å². The molecule has 0 fully saturated rings. The SMILES string of the molecule is CC[n+]1c(C=C2Sc3cc4c(cc3N2CCC[N+](C)(C)C)oc2ccccc24)ccc2ccccc21. The zero-order valence-electron chi connectivity index (χ0n) is 21.5. The van der Waals surface area contributed by atoms with Gasteiger partial charge in [0.1, 0.15) is 17.7 Å². The van der Waals surface area contributed by atoms with E-state index in [0.29, 0.717) is 0 Å². The number of furan rings is 1. The van der Waals surface area contributed by atoms with E-state index in [2.05, 4.69) is 110 Å². The van der Waals surface area contributed by atoms with Crippen LogP contribution in [-0.2, 0) is 6.54 Å². The van der Waals surface area contributed by atoms with E-state index in [1.165, 1.54) is 43.0 Å². The van der Waals surface area contributed by atoms with Crippen molar-refractivity contribution in [2.24, 2.45) is 0 Å². The van der Waals surface area contributed by atoms with Gasteiger partial charge in [-0.25, -0.2) is 0 Å². The standard InChI is InChI=1S/C31H33N3OS/c1-5-32-23(16-15-22-11-6-8-13-26(22)32)19-31-33(17-10-18-34(2,3)4)27-21-29-25(20-30(27)36-31)24-12-7-9-14-28(24)35-29/h6-9,11-16,19-21H,5,10,17-18H2,1-4H3/q+2. The first-order chi connectivity index (χ1) is 17.4. The molecular weight excluding hydrogens is 462 g/mol. The zero-order chi connectivity index (χ0) is 24.9. The molecule has 0 amide bonds. The van der Waals surface area contributed by atoms with Crippen molar-refractivity contribution in [2.45, 2.75) is 24.8 Å². The van der Waals surface area contributed by atoms with Crippen molar-refractivity contribution in [1.82, 2.24) is 0 Å². The Bertz CT molecular complexity index is 1630. The molecule has 3 heterocycles. The van der Waals surface area contributed by atoms with Crippen LogP contribution in [0.2, 0.25) is 0 Å². The van der Waals surface area contributed by atoms with E-state index in [0.717, 1.165) is 41.7 Å². The van der Waals surface area contributed by atoms with Crippen LogP contribution in [-0.4, -0.2) is 38.7 Å². The molecule has 0 bridgehead atoms. The van der Waals surface area contributed by atoms with Crippen molar-refractivity contribution in [3.05, 3.63) is 83.5 Å². The maximum atomic E-state index is 6.26. The Hall–Kier alpha value is -3.28. The van der Waals surface area contributed by atoms with Crippen LogP contribution in [0, 0.1) is 0 Å². The molecule has 5 aromatic rings. The third kappa shape index (κ3) is 4.16. The van der Waals surface area contributed by atoms with Crippen molar-refractivity contribution >= 4 is 56.4 Å². The topological polar surface area (TPSA) is 20.3 Å². The summed E-state index contributed by atoms with van der Waals surface area (Å²) in [4.78, 5) is 3.80. The summed E-state index contributed by atoms with van der Waals surface area (Å²) in [6, 6.07) is 26.0. The van der Waals surface area contributed by atoms with Crippen LogP contribution in [0.5, 0.6) is 0 Å². The molecule has 182 valence electrons. The molecule has 5 heteroatoms. The lowest BCUT2D eigenvalue weighted by atomic mass is 10.1. The number of aryl methyl sites for hydroxylation is 1. The maximum Gasteiger partial charge on any atom is 0.212 e. The molecule has 1 aliphatic heterocycles. The lowest BCUT2D eigenvalue weighted by molar-refractivity contribution is -0.870. The number of para-hydroxylation sites is 2. The lowest BCUT2D eigenvalue weighted by Gasteiger charge is -2.26. The van der Waals surface area contributed by atoms with E-state index < -0.39 is 0 Å². The van der Waals surface area contributed by atoms with Crippen LogP contribution in [0.15, 0.2) is 87.1 Å². The molecule has 6 rings (SSSR count). The van der Waals surface area contributed by atoms with Crippen LogP contribution in [0.3, 0.4) is 0 Å². The first kappa shape index (κ1) is 23.1. The molecule has 4 nitrogen and oxygen atoms in total.